The molecule has 0 bridgehead atoms. The average molecular weight is 438 g/mol. The van der Waals surface area contributed by atoms with Crippen LogP contribution in [0.4, 0.5) is 4.39 Å². The van der Waals surface area contributed by atoms with Crippen molar-refractivity contribution in [2.24, 2.45) is 0 Å². The maximum Gasteiger partial charge on any atom is 0.251 e. The SMILES string of the molecule is CC(NC(=O)c1ccc(F)cc1)C(c1cccs1)N1CCN(Cc2ccccc2)CC1. The summed E-state index contributed by atoms with van der Waals surface area (Å²) in [6, 6.07) is 20.5. The van der Waals surface area contributed by atoms with E-state index in [1.54, 1.807) is 11.3 Å². The van der Waals surface area contributed by atoms with Crippen molar-refractivity contribution in [2.45, 2.75) is 25.6 Å². The number of nitrogens with one attached hydrogen (secondary N) is 1. The van der Waals surface area contributed by atoms with Crippen molar-refractivity contribution in [3.8, 4) is 0 Å². The van der Waals surface area contributed by atoms with Crippen molar-refractivity contribution in [3.63, 3.8) is 0 Å². The van der Waals surface area contributed by atoms with Crippen LogP contribution in [0, 0.1) is 5.82 Å². The fourth-order valence-electron chi connectivity index (χ4n) is 4.21. The van der Waals surface area contributed by atoms with Crippen LogP contribution < -0.4 is 5.32 Å². The van der Waals surface area contributed by atoms with Gasteiger partial charge in [0.05, 0.1) is 6.04 Å². The van der Waals surface area contributed by atoms with Gasteiger partial charge in [-0.25, -0.2) is 4.39 Å². The molecule has 31 heavy (non-hydrogen) atoms. The molecular weight excluding hydrogens is 409 g/mol. The van der Waals surface area contributed by atoms with Gasteiger partial charge in [-0.15, -0.1) is 11.3 Å². The van der Waals surface area contributed by atoms with Crippen LogP contribution in [0.25, 0.3) is 0 Å². The number of carbonyl (C=O) groups excluding carboxylic acids is 1. The summed E-state index contributed by atoms with van der Waals surface area (Å²) in [6.07, 6.45) is 0. The first-order chi connectivity index (χ1) is 15.1. The zero-order chi connectivity index (χ0) is 21.6. The predicted octanol–water partition coefficient (Wildman–Crippen LogP) is 4.56. The third-order valence-electron chi connectivity index (χ3n) is 5.82. The van der Waals surface area contributed by atoms with Crippen LogP contribution in [-0.4, -0.2) is 47.9 Å². The Morgan fingerprint density at radius 3 is 2.35 bits per heavy atom. The topological polar surface area (TPSA) is 35.6 Å². The summed E-state index contributed by atoms with van der Waals surface area (Å²) < 4.78 is 13.2. The third-order valence-corrected chi connectivity index (χ3v) is 6.77. The normalized spacial score (nSPS) is 17.2. The number of thiophene rings is 1. The number of halogens is 1. The molecule has 0 spiro atoms. The molecule has 1 amide bonds. The number of hydrogen-bond acceptors (Lipinski definition) is 4. The Hall–Kier alpha value is -2.54. The molecule has 2 aromatic carbocycles. The van der Waals surface area contributed by atoms with Gasteiger partial charge in [-0.1, -0.05) is 36.4 Å². The molecule has 2 unspecified atom stereocenters. The summed E-state index contributed by atoms with van der Waals surface area (Å²) in [4.78, 5) is 18.9. The summed E-state index contributed by atoms with van der Waals surface area (Å²) in [5, 5.41) is 5.23. The van der Waals surface area contributed by atoms with Crippen LogP contribution in [0.5, 0.6) is 0 Å². The van der Waals surface area contributed by atoms with E-state index in [9.17, 15) is 9.18 Å². The fourth-order valence-corrected chi connectivity index (χ4v) is 5.18. The van der Waals surface area contributed by atoms with E-state index >= 15 is 0 Å². The molecule has 1 N–H and O–H groups in total. The minimum absolute atomic E-state index is 0.0723. The van der Waals surface area contributed by atoms with E-state index in [0.717, 1.165) is 32.7 Å². The highest BCUT2D eigenvalue weighted by molar-refractivity contribution is 7.10. The number of amides is 1. The fraction of sp³-hybridized carbons (Fsp3) is 0.320. The van der Waals surface area contributed by atoms with Crippen LogP contribution in [-0.2, 0) is 6.54 Å². The second-order valence-corrected chi connectivity index (χ2v) is 9.01. The molecule has 162 valence electrons. The van der Waals surface area contributed by atoms with Crippen LogP contribution >= 0.6 is 11.3 Å². The predicted molar refractivity (Wildman–Crippen MR) is 124 cm³/mol. The molecular formula is C25H28FN3OS. The van der Waals surface area contributed by atoms with Gasteiger partial charge in [-0.2, -0.15) is 0 Å². The van der Waals surface area contributed by atoms with E-state index in [2.05, 4.69) is 69.9 Å². The minimum atomic E-state index is -0.338. The second kappa shape index (κ2) is 10.2. The summed E-state index contributed by atoms with van der Waals surface area (Å²) in [5.74, 6) is -0.508. The highest BCUT2D eigenvalue weighted by atomic mass is 32.1. The quantitative estimate of drug-likeness (QED) is 0.588. The van der Waals surface area contributed by atoms with Gasteiger partial charge < -0.3 is 5.32 Å². The van der Waals surface area contributed by atoms with Crippen LogP contribution in [0.3, 0.4) is 0 Å². The van der Waals surface area contributed by atoms with E-state index < -0.39 is 0 Å². The summed E-state index contributed by atoms with van der Waals surface area (Å²) >= 11 is 1.73. The molecule has 6 heteroatoms. The van der Waals surface area contributed by atoms with Gasteiger partial charge in [0.2, 0.25) is 0 Å². The standard InChI is InChI=1S/C25H28FN3OS/c1-19(27-25(30)21-9-11-22(26)12-10-21)24(23-8-5-17-31-23)29-15-13-28(14-16-29)18-20-6-3-2-4-7-20/h2-12,17,19,24H,13-16,18H2,1H3,(H,27,30). The molecule has 0 radical (unpaired) electrons. The molecule has 1 aliphatic heterocycles. The maximum absolute atomic E-state index is 13.2. The molecule has 4 nitrogen and oxygen atoms in total. The van der Waals surface area contributed by atoms with E-state index in [0.29, 0.717) is 5.56 Å². The molecule has 1 aromatic heterocycles. The van der Waals surface area contributed by atoms with E-state index in [1.807, 2.05) is 0 Å². The third kappa shape index (κ3) is 5.58. The van der Waals surface area contributed by atoms with Gasteiger partial charge in [0.15, 0.2) is 0 Å². The molecule has 2 heterocycles. The van der Waals surface area contributed by atoms with E-state index in [1.165, 1.54) is 34.7 Å². The van der Waals surface area contributed by atoms with Crippen LogP contribution in [0.2, 0.25) is 0 Å². The smallest absolute Gasteiger partial charge is 0.251 e. The first-order valence-electron chi connectivity index (χ1n) is 10.7. The first kappa shape index (κ1) is 21.7. The molecule has 3 aromatic rings. The van der Waals surface area contributed by atoms with Crippen LogP contribution in [0.15, 0.2) is 72.1 Å². The largest absolute Gasteiger partial charge is 0.348 e. The average Bonchev–Trinajstić information content (AvgIpc) is 3.30. The van der Waals surface area contributed by atoms with Gasteiger partial charge in [0, 0.05) is 49.2 Å². The van der Waals surface area contributed by atoms with Crippen LogP contribution in [0.1, 0.15) is 33.8 Å². The van der Waals surface area contributed by atoms with Crippen molar-refractivity contribution < 1.29 is 9.18 Å². The molecule has 1 fully saturated rings. The Morgan fingerprint density at radius 2 is 1.71 bits per heavy atom. The van der Waals surface area contributed by atoms with Crippen molar-refractivity contribution in [2.75, 3.05) is 26.2 Å². The number of nitrogens with zero attached hydrogens (tertiary/aromatic N) is 2. The Morgan fingerprint density at radius 1 is 1.00 bits per heavy atom. The second-order valence-electron chi connectivity index (χ2n) is 8.03. The number of benzene rings is 2. The Bertz CT molecular complexity index is 954. The van der Waals surface area contributed by atoms with E-state index in [-0.39, 0.29) is 23.8 Å². The van der Waals surface area contributed by atoms with Crippen molar-refractivity contribution in [1.29, 1.82) is 0 Å². The van der Waals surface area contributed by atoms with Gasteiger partial charge in [0.25, 0.3) is 5.91 Å². The van der Waals surface area contributed by atoms with Crippen molar-refractivity contribution in [1.82, 2.24) is 15.1 Å². The zero-order valence-electron chi connectivity index (χ0n) is 17.7. The van der Waals surface area contributed by atoms with Gasteiger partial charge in [-0.05, 0) is 48.2 Å². The van der Waals surface area contributed by atoms with E-state index in [4.69, 9.17) is 0 Å². The lowest BCUT2D eigenvalue weighted by Crippen LogP contribution is -2.52. The highest BCUT2D eigenvalue weighted by Gasteiger charge is 2.31. The lowest BCUT2D eigenvalue weighted by Gasteiger charge is -2.41. The van der Waals surface area contributed by atoms with Gasteiger partial charge in [0.1, 0.15) is 5.82 Å². The lowest BCUT2D eigenvalue weighted by molar-refractivity contribution is 0.0714. The molecule has 0 aliphatic carbocycles. The Labute approximate surface area is 187 Å². The maximum atomic E-state index is 13.2. The number of piperazine rings is 1. The Kier molecular flexibility index (Phi) is 7.12. The lowest BCUT2D eigenvalue weighted by atomic mass is 10.0. The molecule has 4 rings (SSSR count). The zero-order valence-corrected chi connectivity index (χ0v) is 18.5. The van der Waals surface area contributed by atoms with Gasteiger partial charge >= 0.3 is 0 Å². The molecule has 0 saturated carbocycles. The Balaban J connectivity index is 1.41. The number of rotatable bonds is 7. The molecule has 1 aliphatic rings. The highest BCUT2D eigenvalue weighted by Crippen LogP contribution is 2.29. The first-order valence-corrected chi connectivity index (χ1v) is 11.6. The minimum Gasteiger partial charge on any atom is -0.348 e. The number of carbonyl (C=O) groups is 1. The van der Waals surface area contributed by atoms with Crippen molar-refractivity contribution >= 4 is 17.2 Å². The van der Waals surface area contributed by atoms with Crippen molar-refractivity contribution in [3.05, 3.63) is 93.9 Å². The summed E-state index contributed by atoms with van der Waals surface area (Å²) in [7, 11) is 0. The molecule has 2 atom stereocenters. The molecule has 1 saturated heterocycles. The number of hydrogen-bond donors (Lipinski definition) is 1. The summed E-state index contributed by atoms with van der Waals surface area (Å²) in [6.45, 7) is 6.92. The monoisotopic (exact) mass is 437 g/mol. The summed E-state index contributed by atoms with van der Waals surface area (Å²) in [5.41, 5.74) is 1.82. The van der Waals surface area contributed by atoms with Gasteiger partial charge in [-0.3, -0.25) is 14.6 Å².